The Balaban J connectivity index is 1.18. The van der Waals surface area contributed by atoms with Crippen molar-refractivity contribution in [3.8, 4) is 17.0 Å². The number of rotatable bonds is 5. The highest BCUT2D eigenvalue weighted by molar-refractivity contribution is 7.22. The number of hydrogen-bond donors (Lipinski definition) is 1. The third-order valence-corrected chi connectivity index (χ3v) is 6.93. The molecule has 0 aliphatic carbocycles. The second-order valence-corrected chi connectivity index (χ2v) is 9.28. The zero-order valence-corrected chi connectivity index (χ0v) is 19.4. The molecular weight excluding hydrogens is 434 g/mol. The number of thiazole rings is 1. The van der Waals surface area contributed by atoms with Crippen molar-refractivity contribution in [3.63, 3.8) is 0 Å². The van der Waals surface area contributed by atoms with Crippen LogP contribution in [0.1, 0.15) is 18.4 Å². The highest BCUT2D eigenvalue weighted by Gasteiger charge is 2.26. The number of fused-ring (bicyclic) bond motifs is 1. The van der Waals surface area contributed by atoms with Crippen molar-refractivity contribution in [1.82, 2.24) is 15.2 Å². The van der Waals surface area contributed by atoms with Crippen LogP contribution in [-0.4, -0.2) is 41.3 Å². The van der Waals surface area contributed by atoms with Crippen LogP contribution in [0.25, 0.3) is 21.5 Å². The number of methoxy groups -OCH3 is 1. The Morgan fingerprint density at radius 1 is 1.06 bits per heavy atom. The lowest BCUT2D eigenvalue weighted by Gasteiger charge is -2.31. The summed E-state index contributed by atoms with van der Waals surface area (Å²) in [4.78, 5) is 19.5. The maximum atomic E-state index is 12.8. The number of aryl methyl sites for hydroxylation is 1. The second-order valence-electron chi connectivity index (χ2n) is 8.25. The van der Waals surface area contributed by atoms with E-state index in [-0.39, 0.29) is 11.8 Å². The average Bonchev–Trinajstić information content (AvgIpc) is 3.25. The van der Waals surface area contributed by atoms with Crippen molar-refractivity contribution in [2.24, 2.45) is 5.92 Å². The fourth-order valence-corrected chi connectivity index (χ4v) is 5.04. The largest absolute Gasteiger partial charge is 0.497 e. The van der Waals surface area contributed by atoms with Gasteiger partial charge in [-0.15, -0.1) is 10.2 Å². The number of ether oxygens (including phenoxy) is 1. The molecule has 2 aromatic heterocycles. The monoisotopic (exact) mass is 459 g/mol. The standard InChI is InChI=1S/C25H25N5O2S/c1-16-3-8-21-22(15-16)33-25(26-21)27-24(31)18-11-13-30(14-12-18)23-10-9-20(28-29-23)17-4-6-19(32-2)7-5-17/h3-10,15,18H,11-14H2,1-2H3,(H,26,27,31). The van der Waals surface area contributed by atoms with Crippen LogP contribution in [0.2, 0.25) is 0 Å². The Hall–Kier alpha value is -3.52. The van der Waals surface area contributed by atoms with Gasteiger partial charge in [-0.05, 0) is 73.9 Å². The maximum absolute atomic E-state index is 12.8. The minimum absolute atomic E-state index is 0.0264. The first-order chi connectivity index (χ1) is 16.1. The summed E-state index contributed by atoms with van der Waals surface area (Å²) in [6.07, 6.45) is 1.55. The Morgan fingerprint density at radius 2 is 1.85 bits per heavy atom. The number of hydrogen-bond acceptors (Lipinski definition) is 7. The van der Waals surface area contributed by atoms with Crippen molar-refractivity contribution in [2.45, 2.75) is 19.8 Å². The van der Waals surface area contributed by atoms with Gasteiger partial charge in [0.1, 0.15) is 5.75 Å². The van der Waals surface area contributed by atoms with Crippen LogP contribution in [0.3, 0.4) is 0 Å². The fraction of sp³-hybridized carbons (Fsp3) is 0.280. The normalized spacial score (nSPS) is 14.4. The summed E-state index contributed by atoms with van der Waals surface area (Å²) in [5, 5.41) is 12.5. The van der Waals surface area contributed by atoms with E-state index in [2.05, 4.69) is 38.4 Å². The molecule has 1 N–H and O–H groups in total. The Labute approximate surface area is 196 Å². The molecule has 168 valence electrons. The van der Waals surface area contributed by atoms with Crippen LogP contribution < -0.4 is 15.0 Å². The minimum Gasteiger partial charge on any atom is -0.497 e. The third-order valence-electron chi connectivity index (χ3n) is 6.00. The number of benzene rings is 2. The van der Waals surface area contributed by atoms with E-state index < -0.39 is 0 Å². The maximum Gasteiger partial charge on any atom is 0.229 e. The first kappa shape index (κ1) is 21.3. The summed E-state index contributed by atoms with van der Waals surface area (Å²) in [7, 11) is 1.65. The summed E-state index contributed by atoms with van der Waals surface area (Å²) < 4.78 is 6.30. The van der Waals surface area contributed by atoms with Gasteiger partial charge in [0.15, 0.2) is 10.9 Å². The summed E-state index contributed by atoms with van der Waals surface area (Å²) in [6, 6.07) is 17.9. The minimum atomic E-state index is -0.0264. The molecule has 8 heteroatoms. The average molecular weight is 460 g/mol. The van der Waals surface area contributed by atoms with E-state index in [4.69, 9.17) is 4.74 Å². The molecule has 4 aromatic rings. The predicted molar refractivity (Wildman–Crippen MR) is 132 cm³/mol. The van der Waals surface area contributed by atoms with Crippen molar-refractivity contribution in [2.75, 3.05) is 30.4 Å². The lowest BCUT2D eigenvalue weighted by Crippen LogP contribution is -2.38. The van der Waals surface area contributed by atoms with Gasteiger partial charge in [-0.1, -0.05) is 17.4 Å². The van der Waals surface area contributed by atoms with E-state index in [1.807, 2.05) is 48.5 Å². The molecule has 7 nitrogen and oxygen atoms in total. The van der Waals surface area contributed by atoms with Gasteiger partial charge in [0.25, 0.3) is 0 Å². The third kappa shape index (κ3) is 4.66. The highest BCUT2D eigenvalue weighted by atomic mass is 32.1. The van der Waals surface area contributed by atoms with E-state index in [0.717, 1.165) is 59.0 Å². The van der Waals surface area contributed by atoms with Gasteiger partial charge in [-0.25, -0.2) is 4.98 Å². The first-order valence-corrected chi connectivity index (χ1v) is 11.8. The van der Waals surface area contributed by atoms with Gasteiger partial charge in [0, 0.05) is 24.6 Å². The van der Waals surface area contributed by atoms with Gasteiger partial charge in [0.05, 0.1) is 23.0 Å². The van der Waals surface area contributed by atoms with Gasteiger partial charge in [0.2, 0.25) is 5.91 Å². The topological polar surface area (TPSA) is 80.2 Å². The highest BCUT2D eigenvalue weighted by Crippen LogP contribution is 2.29. The Kier molecular flexibility index (Phi) is 5.92. The molecule has 3 heterocycles. The fourth-order valence-electron chi connectivity index (χ4n) is 4.07. The molecule has 1 aliphatic rings. The molecule has 0 radical (unpaired) electrons. The van der Waals surface area contributed by atoms with Crippen LogP contribution in [0.15, 0.2) is 54.6 Å². The van der Waals surface area contributed by atoms with E-state index in [1.165, 1.54) is 16.9 Å². The van der Waals surface area contributed by atoms with Gasteiger partial charge < -0.3 is 15.0 Å². The zero-order valence-electron chi connectivity index (χ0n) is 18.6. The van der Waals surface area contributed by atoms with Crippen molar-refractivity contribution in [3.05, 3.63) is 60.2 Å². The molecule has 0 spiro atoms. The van der Waals surface area contributed by atoms with Crippen LogP contribution in [0.5, 0.6) is 5.75 Å². The number of piperidine rings is 1. The van der Waals surface area contributed by atoms with E-state index in [1.54, 1.807) is 7.11 Å². The van der Waals surface area contributed by atoms with E-state index >= 15 is 0 Å². The second kappa shape index (κ2) is 9.15. The van der Waals surface area contributed by atoms with Crippen LogP contribution in [0.4, 0.5) is 10.9 Å². The van der Waals surface area contributed by atoms with E-state index in [9.17, 15) is 4.79 Å². The number of carbonyl (C=O) groups is 1. The molecule has 2 aromatic carbocycles. The molecule has 5 rings (SSSR count). The predicted octanol–water partition coefficient (Wildman–Crippen LogP) is 4.93. The van der Waals surface area contributed by atoms with Crippen molar-refractivity contribution in [1.29, 1.82) is 0 Å². The molecule has 1 amide bonds. The molecule has 0 atom stereocenters. The molecule has 33 heavy (non-hydrogen) atoms. The Bertz CT molecular complexity index is 1260. The number of nitrogens with zero attached hydrogens (tertiary/aromatic N) is 4. The van der Waals surface area contributed by atoms with Gasteiger partial charge in [-0.2, -0.15) is 0 Å². The first-order valence-electron chi connectivity index (χ1n) is 11.0. The quantitative estimate of drug-likeness (QED) is 0.456. The summed E-state index contributed by atoms with van der Waals surface area (Å²) in [5.41, 5.74) is 3.93. The number of anilines is 2. The summed E-state index contributed by atoms with van der Waals surface area (Å²) in [6.45, 7) is 3.60. The summed E-state index contributed by atoms with van der Waals surface area (Å²) >= 11 is 1.52. The summed E-state index contributed by atoms with van der Waals surface area (Å²) in [5.74, 6) is 1.68. The van der Waals surface area contributed by atoms with Gasteiger partial charge in [-0.3, -0.25) is 4.79 Å². The molecule has 0 unspecified atom stereocenters. The molecule has 1 saturated heterocycles. The molecular formula is C25H25N5O2S. The van der Waals surface area contributed by atoms with Crippen LogP contribution in [-0.2, 0) is 4.79 Å². The number of aromatic nitrogens is 3. The number of nitrogens with one attached hydrogen (secondary N) is 1. The van der Waals surface area contributed by atoms with Crippen LogP contribution >= 0.6 is 11.3 Å². The molecule has 1 aliphatic heterocycles. The Morgan fingerprint density at radius 3 is 2.55 bits per heavy atom. The van der Waals surface area contributed by atoms with Crippen LogP contribution in [0, 0.1) is 12.8 Å². The van der Waals surface area contributed by atoms with Gasteiger partial charge >= 0.3 is 0 Å². The number of amides is 1. The smallest absolute Gasteiger partial charge is 0.229 e. The molecule has 0 saturated carbocycles. The lowest BCUT2D eigenvalue weighted by molar-refractivity contribution is -0.120. The van der Waals surface area contributed by atoms with Crippen molar-refractivity contribution < 1.29 is 9.53 Å². The molecule has 1 fully saturated rings. The number of carbonyl (C=O) groups excluding carboxylic acids is 1. The zero-order chi connectivity index (χ0) is 22.8. The SMILES string of the molecule is COc1ccc(-c2ccc(N3CCC(C(=O)Nc4nc5ccc(C)cc5s4)CC3)nn2)cc1. The van der Waals surface area contributed by atoms with Crippen molar-refractivity contribution >= 4 is 38.4 Å². The molecule has 0 bridgehead atoms. The van der Waals surface area contributed by atoms with E-state index in [0.29, 0.717) is 5.13 Å². The lowest BCUT2D eigenvalue weighted by atomic mass is 9.96.